The Bertz CT molecular complexity index is 651. The molecular formula is C22H33N3O2. The summed E-state index contributed by atoms with van der Waals surface area (Å²) in [5.74, 6) is -0.599. The van der Waals surface area contributed by atoms with E-state index in [9.17, 15) is 9.59 Å². The Balaban J connectivity index is 2.78. The van der Waals surface area contributed by atoms with Crippen LogP contribution >= 0.6 is 0 Å². The van der Waals surface area contributed by atoms with E-state index in [4.69, 9.17) is 11.5 Å². The molecule has 0 spiro atoms. The lowest BCUT2D eigenvalue weighted by atomic mass is 10.0. The first-order valence-corrected chi connectivity index (χ1v) is 9.76. The fourth-order valence-electron chi connectivity index (χ4n) is 2.63. The van der Waals surface area contributed by atoms with Gasteiger partial charge in [-0.3, -0.25) is 9.59 Å². The Hall–Kier alpha value is -2.40. The van der Waals surface area contributed by atoms with E-state index in [1.54, 1.807) is 6.08 Å². The van der Waals surface area contributed by atoms with E-state index in [1.165, 1.54) is 0 Å². The summed E-state index contributed by atoms with van der Waals surface area (Å²) in [5.41, 5.74) is 14.0. The predicted molar refractivity (Wildman–Crippen MR) is 111 cm³/mol. The molecule has 0 unspecified atom stereocenters. The number of amides is 2. The predicted octanol–water partition coefficient (Wildman–Crippen LogP) is 3.52. The Kier molecular flexibility index (Phi) is 10.8. The third-order valence-corrected chi connectivity index (χ3v) is 4.42. The molecule has 0 aliphatic rings. The van der Waals surface area contributed by atoms with Crippen LogP contribution in [0.1, 0.15) is 64.0 Å². The Morgan fingerprint density at radius 1 is 1.04 bits per heavy atom. The van der Waals surface area contributed by atoms with Gasteiger partial charge in [0.1, 0.15) is 6.04 Å². The fraction of sp³-hybridized carbons (Fsp3) is 0.455. The maximum atomic E-state index is 12.4. The number of allylic oxidation sites excluding steroid dienone is 2. The second kappa shape index (κ2) is 12.9. The molecule has 1 aromatic rings. The molecule has 0 bridgehead atoms. The van der Waals surface area contributed by atoms with Gasteiger partial charge in [0, 0.05) is 12.1 Å². The molecule has 0 aliphatic heterocycles. The second-order valence-corrected chi connectivity index (χ2v) is 6.69. The molecule has 0 saturated carbocycles. The van der Waals surface area contributed by atoms with Gasteiger partial charge in [-0.1, -0.05) is 74.7 Å². The molecule has 5 N–H and O–H groups in total. The molecule has 0 radical (unpaired) electrons. The maximum Gasteiger partial charge on any atom is 0.244 e. The minimum atomic E-state index is -0.695. The van der Waals surface area contributed by atoms with Crippen LogP contribution in [0.4, 0.5) is 0 Å². The molecular weight excluding hydrogens is 338 g/mol. The van der Waals surface area contributed by atoms with E-state index < -0.39 is 6.04 Å². The highest BCUT2D eigenvalue weighted by Crippen LogP contribution is 2.13. The van der Waals surface area contributed by atoms with Crippen LogP contribution in [0.5, 0.6) is 0 Å². The van der Waals surface area contributed by atoms with E-state index in [2.05, 4.69) is 19.2 Å². The number of benzene rings is 1. The lowest BCUT2D eigenvalue weighted by Gasteiger charge is -2.14. The van der Waals surface area contributed by atoms with Crippen molar-refractivity contribution in [3.63, 3.8) is 0 Å². The SMILES string of the molecule is CCCC/C(=C\C=C(/CCCC)C(N)=O)CNC(=O)[C@@H](N)c1ccccc1. The Morgan fingerprint density at radius 2 is 1.67 bits per heavy atom. The highest BCUT2D eigenvalue weighted by molar-refractivity contribution is 5.92. The van der Waals surface area contributed by atoms with Gasteiger partial charge in [0.05, 0.1) is 0 Å². The molecule has 0 aromatic heterocycles. The van der Waals surface area contributed by atoms with Crippen LogP contribution in [-0.4, -0.2) is 18.4 Å². The summed E-state index contributed by atoms with van der Waals surface area (Å²) in [6.07, 6.45) is 9.24. The van der Waals surface area contributed by atoms with Crippen molar-refractivity contribution in [1.82, 2.24) is 5.32 Å². The standard InChI is InChI=1S/C22H33N3O2/c1-3-5-10-17(14-15-19(21(24)26)11-6-4-2)16-25-22(27)20(23)18-12-8-7-9-13-18/h7-9,12-15,20H,3-6,10-11,16,23H2,1-2H3,(H2,24,26)(H,25,27)/b17-14+,19-15+/t20-/m0/s1. The van der Waals surface area contributed by atoms with Crippen molar-refractivity contribution in [2.75, 3.05) is 6.54 Å². The van der Waals surface area contributed by atoms with Gasteiger partial charge in [0.15, 0.2) is 0 Å². The summed E-state index contributed by atoms with van der Waals surface area (Å²) >= 11 is 0. The zero-order valence-corrected chi connectivity index (χ0v) is 16.5. The van der Waals surface area contributed by atoms with Crippen molar-refractivity contribution < 1.29 is 9.59 Å². The minimum Gasteiger partial charge on any atom is -0.366 e. The van der Waals surface area contributed by atoms with Crippen LogP contribution in [0.15, 0.2) is 53.6 Å². The van der Waals surface area contributed by atoms with Crippen LogP contribution in [0.3, 0.4) is 0 Å². The van der Waals surface area contributed by atoms with Gasteiger partial charge in [-0.2, -0.15) is 0 Å². The van der Waals surface area contributed by atoms with E-state index in [0.717, 1.165) is 43.2 Å². The first-order valence-electron chi connectivity index (χ1n) is 9.76. The van der Waals surface area contributed by atoms with Crippen LogP contribution in [0.2, 0.25) is 0 Å². The zero-order valence-electron chi connectivity index (χ0n) is 16.5. The minimum absolute atomic E-state index is 0.214. The topological polar surface area (TPSA) is 98.2 Å². The number of hydrogen-bond acceptors (Lipinski definition) is 3. The monoisotopic (exact) mass is 371 g/mol. The number of primary amides is 1. The van der Waals surface area contributed by atoms with Gasteiger partial charge in [0.2, 0.25) is 11.8 Å². The first-order chi connectivity index (χ1) is 13.0. The Labute approximate surface area is 162 Å². The number of carbonyl (C=O) groups excluding carboxylic acids is 2. The molecule has 0 fully saturated rings. The summed E-state index contributed by atoms with van der Waals surface area (Å²) in [7, 11) is 0. The zero-order chi connectivity index (χ0) is 20.1. The van der Waals surface area contributed by atoms with Gasteiger partial charge in [-0.15, -0.1) is 0 Å². The highest BCUT2D eigenvalue weighted by Gasteiger charge is 2.15. The Morgan fingerprint density at radius 3 is 2.26 bits per heavy atom. The summed E-state index contributed by atoms with van der Waals surface area (Å²) in [6.45, 7) is 4.61. The van der Waals surface area contributed by atoms with E-state index in [1.807, 2.05) is 36.4 Å². The third kappa shape index (κ3) is 8.69. The van der Waals surface area contributed by atoms with E-state index >= 15 is 0 Å². The van der Waals surface area contributed by atoms with Crippen molar-refractivity contribution in [1.29, 1.82) is 0 Å². The summed E-state index contributed by atoms with van der Waals surface area (Å²) in [6, 6.07) is 8.60. The van der Waals surface area contributed by atoms with Crippen LogP contribution in [0, 0.1) is 0 Å². The molecule has 148 valence electrons. The highest BCUT2D eigenvalue weighted by atomic mass is 16.2. The lowest BCUT2D eigenvalue weighted by molar-refractivity contribution is -0.122. The van der Waals surface area contributed by atoms with Crippen molar-refractivity contribution in [3.8, 4) is 0 Å². The van der Waals surface area contributed by atoms with Gasteiger partial charge in [-0.05, 0) is 31.2 Å². The second-order valence-electron chi connectivity index (χ2n) is 6.69. The molecule has 1 aromatic carbocycles. The molecule has 5 nitrogen and oxygen atoms in total. The molecule has 0 aliphatic carbocycles. The van der Waals surface area contributed by atoms with Crippen LogP contribution in [0.25, 0.3) is 0 Å². The van der Waals surface area contributed by atoms with Gasteiger partial charge >= 0.3 is 0 Å². The van der Waals surface area contributed by atoms with Crippen LogP contribution < -0.4 is 16.8 Å². The smallest absolute Gasteiger partial charge is 0.244 e. The molecule has 5 heteroatoms. The number of hydrogen-bond donors (Lipinski definition) is 3. The number of rotatable bonds is 12. The number of nitrogens with two attached hydrogens (primary N) is 2. The number of unbranched alkanes of at least 4 members (excludes halogenated alkanes) is 2. The molecule has 2 amide bonds. The fourth-order valence-corrected chi connectivity index (χ4v) is 2.63. The summed E-state index contributed by atoms with van der Waals surface area (Å²) in [5, 5.41) is 2.91. The van der Waals surface area contributed by atoms with Gasteiger partial charge < -0.3 is 16.8 Å². The summed E-state index contributed by atoms with van der Waals surface area (Å²) < 4.78 is 0. The molecule has 0 saturated heterocycles. The first kappa shape index (κ1) is 22.6. The van der Waals surface area contributed by atoms with Crippen molar-refractivity contribution in [3.05, 3.63) is 59.2 Å². The quantitative estimate of drug-likeness (QED) is 0.387. The van der Waals surface area contributed by atoms with Gasteiger partial charge in [-0.25, -0.2) is 0 Å². The number of nitrogens with one attached hydrogen (secondary N) is 1. The summed E-state index contributed by atoms with van der Waals surface area (Å²) in [4.78, 5) is 23.9. The van der Waals surface area contributed by atoms with Crippen molar-refractivity contribution >= 4 is 11.8 Å². The van der Waals surface area contributed by atoms with E-state index in [-0.39, 0.29) is 11.8 Å². The molecule has 0 heterocycles. The lowest BCUT2D eigenvalue weighted by Crippen LogP contribution is -2.35. The molecule has 1 atom stereocenters. The van der Waals surface area contributed by atoms with Crippen molar-refractivity contribution in [2.45, 2.75) is 58.4 Å². The maximum absolute atomic E-state index is 12.4. The molecule has 1 rings (SSSR count). The normalized spacial score (nSPS) is 13.3. The largest absolute Gasteiger partial charge is 0.366 e. The average molecular weight is 372 g/mol. The average Bonchev–Trinajstić information content (AvgIpc) is 2.68. The van der Waals surface area contributed by atoms with Gasteiger partial charge in [0.25, 0.3) is 0 Å². The van der Waals surface area contributed by atoms with Crippen molar-refractivity contribution in [2.24, 2.45) is 11.5 Å². The van der Waals surface area contributed by atoms with Crippen LogP contribution in [-0.2, 0) is 9.59 Å². The molecule has 27 heavy (non-hydrogen) atoms. The number of carbonyl (C=O) groups is 2. The third-order valence-electron chi connectivity index (χ3n) is 4.42. The van der Waals surface area contributed by atoms with E-state index in [0.29, 0.717) is 18.5 Å².